The third-order valence-electron chi connectivity index (χ3n) is 6.92. The maximum atomic E-state index is 11.7. The van der Waals surface area contributed by atoms with Crippen LogP contribution in [0.5, 0.6) is 0 Å². The lowest BCUT2D eigenvalue weighted by molar-refractivity contribution is -0.152. The number of nitrogens with zero attached hydrogens (tertiary/aromatic N) is 3. The monoisotopic (exact) mass is 554 g/mol. The third kappa shape index (κ3) is 8.88. The highest BCUT2D eigenvalue weighted by molar-refractivity contribution is 6.31. The van der Waals surface area contributed by atoms with Crippen molar-refractivity contribution in [3.63, 3.8) is 0 Å². The van der Waals surface area contributed by atoms with Gasteiger partial charge in [-0.1, -0.05) is 67.9 Å². The average molecular weight is 555 g/mol. The van der Waals surface area contributed by atoms with Crippen LogP contribution in [0, 0.1) is 11.3 Å². The molecule has 0 atom stereocenters. The van der Waals surface area contributed by atoms with Gasteiger partial charge < -0.3 is 15.4 Å². The largest absolute Gasteiger partial charge is 0.481 e. The summed E-state index contributed by atoms with van der Waals surface area (Å²) in [4.78, 5) is 18.6. The van der Waals surface area contributed by atoms with Crippen molar-refractivity contribution in [3.8, 4) is 22.8 Å². The fraction of sp³-hybridized carbons (Fsp3) is 0.516. The number of rotatable bonds is 8. The lowest BCUT2D eigenvalue weighted by Crippen LogP contribution is -2.43. The van der Waals surface area contributed by atoms with Crippen molar-refractivity contribution in [1.29, 1.82) is 0 Å². The number of halogens is 1. The van der Waals surface area contributed by atoms with Gasteiger partial charge in [0.05, 0.1) is 5.41 Å². The summed E-state index contributed by atoms with van der Waals surface area (Å²) in [5, 5.41) is 14.5. The van der Waals surface area contributed by atoms with Crippen molar-refractivity contribution in [3.05, 3.63) is 58.6 Å². The molecule has 0 spiro atoms. The average Bonchev–Trinajstić information content (AvgIpc) is 3.35. The first-order valence-electron chi connectivity index (χ1n) is 13.8. The molecule has 1 aliphatic rings. The summed E-state index contributed by atoms with van der Waals surface area (Å²) < 4.78 is 5.51. The zero-order valence-electron chi connectivity index (χ0n) is 24.1. The summed E-state index contributed by atoms with van der Waals surface area (Å²) in [5.74, 6) is 0.859. The Morgan fingerprint density at radius 2 is 1.72 bits per heavy atom. The van der Waals surface area contributed by atoms with Gasteiger partial charge in [-0.3, -0.25) is 9.69 Å². The minimum Gasteiger partial charge on any atom is -0.481 e. The number of hydrogen-bond acceptors (Lipinski definition) is 6. The molecule has 39 heavy (non-hydrogen) atoms. The van der Waals surface area contributed by atoms with Gasteiger partial charge in [0, 0.05) is 28.2 Å². The number of hydrogen-bond donors (Lipinski definition) is 2. The molecule has 1 aliphatic heterocycles. The molecule has 3 aromatic rings. The van der Waals surface area contributed by atoms with E-state index in [4.69, 9.17) is 21.9 Å². The number of aromatic nitrogens is 2. The summed E-state index contributed by atoms with van der Waals surface area (Å²) in [6.45, 7) is 14.6. The quantitative estimate of drug-likeness (QED) is 0.306. The van der Waals surface area contributed by atoms with E-state index in [0.29, 0.717) is 41.9 Å². The Hall–Kier alpha value is -2.74. The van der Waals surface area contributed by atoms with E-state index in [0.717, 1.165) is 42.7 Å². The lowest BCUT2D eigenvalue weighted by Gasteiger charge is -2.38. The van der Waals surface area contributed by atoms with Gasteiger partial charge in [-0.25, -0.2) is 0 Å². The molecule has 2 heterocycles. The molecule has 0 amide bonds. The first-order valence-corrected chi connectivity index (χ1v) is 14.1. The van der Waals surface area contributed by atoms with Gasteiger partial charge >= 0.3 is 5.97 Å². The molecule has 1 saturated heterocycles. The molecule has 0 saturated carbocycles. The van der Waals surface area contributed by atoms with Crippen LogP contribution < -0.4 is 5.73 Å². The minimum absolute atomic E-state index is 0. The van der Waals surface area contributed by atoms with Crippen molar-refractivity contribution >= 4 is 17.6 Å². The van der Waals surface area contributed by atoms with Crippen molar-refractivity contribution in [2.45, 2.75) is 79.3 Å². The Kier molecular flexibility index (Phi) is 10.3. The predicted octanol–water partition coefficient (Wildman–Crippen LogP) is 7.08. The second kappa shape index (κ2) is 13.1. The zero-order chi connectivity index (χ0) is 28.8. The smallest absolute Gasteiger partial charge is 0.309 e. The Morgan fingerprint density at radius 1 is 1.13 bits per heavy atom. The van der Waals surface area contributed by atoms with Gasteiger partial charge in [0.1, 0.15) is 0 Å². The molecular formula is C31H43ClN4O3. The van der Waals surface area contributed by atoms with E-state index >= 15 is 0 Å². The maximum Gasteiger partial charge on any atom is 0.309 e. The summed E-state index contributed by atoms with van der Waals surface area (Å²) in [6, 6.07) is 14.0. The molecular weight excluding hydrogens is 512 g/mol. The second-order valence-corrected chi connectivity index (χ2v) is 12.5. The Bertz CT molecular complexity index is 1220. The van der Waals surface area contributed by atoms with E-state index in [-0.39, 0.29) is 5.54 Å². The molecule has 4 rings (SSSR count). The molecule has 1 aromatic heterocycles. The normalized spacial score (nSPS) is 15.6. The highest BCUT2D eigenvalue weighted by Crippen LogP contribution is 2.35. The maximum absolute atomic E-state index is 11.7. The van der Waals surface area contributed by atoms with Crippen LogP contribution in [-0.2, 0) is 17.8 Å². The van der Waals surface area contributed by atoms with E-state index in [1.165, 1.54) is 5.56 Å². The second-order valence-electron chi connectivity index (χ2n) is 12.1. The summed E-state index contributed by atoms with van der Waals surface area (Å²) in [5.41, 5.74) is 8.79. The predicted molar refractivity (Wildman–Crippen MR) is 158 cm³/mol. The SMILES string of the molecule is CC(C)(C)N.CCC1(C(=O)O)CCN(Cc2ccc(-c3noc(-c4ccc(CC(C)C)c(Cl)c4)n3)cc2)CC1. The van der Waals surface area contributed by atoms with Gasteiger partial charge in [0.2, 0.25) is 5.82 Å². The van der Waals surface area contributed by atoms with Gasteiger partial charge in [0.25, 0.3) is 5.89 Å². The van der Waals surface area contributed by atoms with Gasteiger partial charge in [0.15, 0.2) is 0 Å². The zero-order valence-corrected chi connectivity index (χ0v) is 24.9. The highest BCUT2D eigenvalue weighted by atomic mass is 35.5. The first-order chi connectivity index (χ1) is 18.3. The molecule has 2 aromatic carbocycles. The highest BCUT2D eigenvalue weighted by Gasteiger charge is 2.39. The summed E-state index contributed by atoms with van der Waals surface area (Å²) >= 11 is 6.46. The Labute approximate surface area is 237 Å². The molecule has 3 N–H and O–H groups in total. The van der Waals surface area contributed by atoms with Crippen molar-refractivity contribution < 1.29 is 14.4 Å². The topological polar surface area (TPSA) is 105 Å². The molecule has 0 unspecified atom stereocenters. The van der Waals surface area contributed by atoms with Crippen molar-refractivity contribution in [1.82, 2.24) is 15.0 Å². The number of benzene rings is 2. The molecule has 0 radical (unpaired) electrons. The molecule has 0 aliphatic carbocycles. The van der Waals surface area contributed by atoms with Crippen LogP contribution in [0.1, 0.15) is 71.9 Å². The van der Waals surface area contributed by atoms with Crippen LogP contribution in [0.4, 0.5) is 0 Å². The van der Waals surface area contributed by atoms with Gasteiger partial charge in [-0.15, -0.1) is 0 Å². The lowest BCUT2D eigenvalue weighted by atomic mass is 9.76. The van der Waals surface area contributed by atoms with Crippen LogP contribution >= 0.6 is 11.6 Å². The van der Waals surface area contributed by atoms with Crippen LogP contribution in [0.3, 0.4) is 0 Å². The van der Waals surface area contributed by atoms with E-state index in [1.807, 2.05) is 58.0 Å². The molecule has 7 nitrogen and oxygen atoms in total. The summed E-state index contributed by atoms with van der Waals surface area (Å²) in [7, 11) is 0. The van der Waals surface area contributed by atoms with Crippen molar-refractivity contribution in [2.24, 2.45) is 17.1 Å². The van der Waals surface area contributed by atoms with Crippen molar-refractivity contribution in [2.75, 3.05) is 13.1 Å². The standard InChI is InChI=1S/C27H32ClN3O3.C4H11N/c1-4-27(26(32)33)11-13-31(14-12-27)17-19-5-7-20(8-6-19)24-29-25(34-30-24)22-10-9-21(15-18(2)3)23(28)16-22;1-4(2,3)5/h5-10,16,18H,4,11-15,17H2,1-3H3,(H,32,33);5H2,1-3H3. The number of carbonyl (C=O) groups is 1. The fourth-order valence-electron chi connectivity index (χ4n) is 4.62. The number of carboxylic acids is 1. The van der Waals surface area contributed by atoms with Crippen LogP contribution in [0.15, 0.2) is 47.0 Å². The number of nitrogens with two attached hydrogens (primary N) is 1. The number of piperidine rings is 1. The minimum atomic E-state index is -0.660. The number of carboxylic acid groups (broad SMARTS) is 1. The van der Waals surface area contributed by atoms with E-state index < -0.39 is 11.4 Å². The molecule has 8 heteroatoms. The summed E-state index contributed by atoms with van der Waals surface area (Å²) in [6.07, 6.45) is 3.01. The molecule has 0 bridgehead atoms. The van der Waals surface area contributed by atoms with E-state index in [9.17, 15) is 9.90 Å². The van der Waals surface area contributed by atoms with Crippen LogP contribution in [0.25, 0.3) is 22.8 Å². The van der Waals surface area contributed by atoms with Gasteiger partial charge in [-0.2, -0.15) is 4.98 Å². The van der Waals surface area contributed by atoms with E-state index in [1.54, 1.807) is 0 Å². The Morgan fingerprint density at radius 3 is 2.23 bits per heavy atom. The number of aliphatic carboxylic acids is 1. The Balaban J connectivity index is 0.000000771. The molecule has 212 valence electrons. The third-order valence-corrected chi connectivity index (χ3v) is 7.27. The van der Waals surface area contributed by atoms with E-state index in [2.05, 4.69) is 41.0 Å². The number of likely N-dealkylation sites (tertiary alicyclic amines) is 1. The van der Waals surface area contributed by atoms with Crippen LogP contribution in [0.2, 0.25) is 5.02 Å². The van der Waals surface area contributed by atoms with Gasteiger partial charge in [-0.05, 0) is 88.7 Å². The fourth-order valence-corrected chi connectivity index (χ4v) is 4.88. The van der Waals surface area contributed by atoms with Crippen LogP contribution in [-0.4, -0.2) is 44.7 Å². The first kappa shape index (κ1) is 30.8. The molecule has 1 fully saturated rings.